The highest BCUT2D eigenvalue weighted by molar-refractivity contribution is 6.02. The number of anilines is 1. The third-order valence-electron chi connectivity index (χ3n) is 3.59. The summed E-state index contributed by atoms with van der Waals surface area (Å²) in [5.74, 6) is 0.676. The number of amides is 1. The average Bonchev–Trinajstić information content (AvgIpc) is 2.57. The summed E-state index contributed by atoms with van der Waals surface area (Å²) in [5.41, 5.74) is 3.02. The van der Waals surface area contributed by atoms with Gasteiger partial charge in [0.15, 0.2) is 0 Å². The molecule has 0 radical (unpaired) electrons. The molecule has 0 N–H and O–H groups in total. The molecule has 112 valence electrons. The van der Waals surface area contributed by atoms with Crippen molar-refractivity contribution in [3.63, 3.8) is 0 Å². The first-order valence-corrected chi connectivity index (χ1v) is 7.45. The SMILES string of the molecule is CCOc1ccc(-c2ccc(N3CCC=CC3=O)cc2)cn1. The number of hydrogen-bond acceptors (Lipinski definition) is 3. The lowest BCUT2D eigenvalue weighted by molar-refractivity contribution is -0.114. The fourth-order valence-electron chi connectivity index (χ4n) is 2.46. The summed E-state index contributed by atoms with van der Waals surface area (Å²) in [7, 11) is 0. The van der Waals surface area contributed by atoms with Crippen molar-refractivity contribution in [2.75, 3.05) is 18.1 Å². The third-order valence-corrected chi connectivity index (χ3v) is 3.59. The second-order valence-corrected chi connectivity index (χ2v) is 5.05. The van der Waals surface area contributed by atoms with Crippen LogP contribution in [0.3, 0.4) is 0 Å². The Morgan fingerprint density at radius 3 is 2.55 bits per heavy atom. The van der Waals surface area contributed by atoms with E-state index >= 15 is 0 Å². The van der Waals surface area contributed by atoms with Crippen LogP contribution >= 0.6 is 0 Å². The second kappa shape index (κ2) is 6.43. The zero-order valence-corrected chi connectivity index (χ0v) is 12.5. The van der Waals surface area contributed by atoms with Gasteiger partial charge in [0.1, 0.15) is 0 Å². The van der Waals surface area contributed by atoms with E-state index in [0.29, 0.717) is 12.5 Å². The smallest absolute Gasteiger partial charge is 0.250 e. The maximum Gasteiger partial charge on any atom is 0.250 e. The Morgan fingerprint density at radius 2 is 1.91 bits per heavy atom. The van der Waals surface area contributed by atoms with Crippen LogP contribution in [0, 0.1) is 0 Å². The molecule has 0 fully saturated rings. The van der Waals surface area contributed by atoms with Gasteiger partial charge in [-0.15, -0.1) is 0 Å². The fraction of sp³-hybridized carbons (Fsp3) is 0.222. The first-order valence-electron chi connectivity index (χ1n) is 7.45. The van der Waals surface area contributed by atoms with Crippen LogP contribution < -0.4 is 9.64 Å². The predicted octanol–water partition coefficient (Wildman–Crippen LogP) is 3.44. The van der Waals surface area contributed by atoms with Crippen molar-refractivity contribution in [1.82, 2.24) is 4.98 Å². The van der Waals surface area contributed by atoms with E-state index in [0.717, 1.165) is 29.8 Å². The molecule has 0 saturated heterocycles. The van der Waals surface area contributed by atoms with E-state index in [1.165, 1.54) is 0 Å². The number of pyridine rings is 1. The van der Waals surface area contributed by atoms with Gasteiger partial charge in [0.2, 0.25) is 5.88 Å². The van der Waals surface area contributed by atoms with Crippen molar-refractivity contribution in [2.24, 2.45) is 0 Å². The molecule has 4 heteroatoms. The van der Waals surface area contributed by atoms with Crippen LogP contribution in [0.4, 0.5) is 5.69 Å². The molecular formula is C18H18N2O2. The quantitative estimate of drug-likeness (QED) is 0.867. The number of ether oxygens (including phenoxy) is 1. The summed E-state index contributed by atoms with van der Waals surface area (Å²) in [6.45, 7) is 3.28. The van der Waals surface area contributed by atoms with Crippen LogP contribution in [0.15, 0.2) is 54.7 Å². The molecule has 3 rings (SSSR count). The molecule has 1 aliphatic heterocycles. The number of benzene rings is 1. The molecule has 1 aliphatic rings. The molecule has 1 aromatic heterocycles. The molecular weight excluding hydrogens is 276 g/mol. The number of carbonyl (C=O) groups is 1. The lowest BCUT2D eigenvalue weighted by Gasteiger charge is -2.23. The topological polar surface area (TPSA) is 42.4 Å². The van der Waals surface area contributed by atoms with Gasteiger partial charge in [-0.2, -0.15) is 0 Å². The lowest BCUT2D eigenvalue weighted by Crippen LogP contribution is -2.32. The summed E-state index contributed by atoms with van der Waals surface area (Å²) in [6.07, 6.45) is 6.25. The van der Waals surface area contributed by atoms with E-state index in [1.807, 2.05) is 49.4 Å². The number of nitrogens with zero attached hydrogens (tertiary/aromatic N) is 2. The first-order chi connectivity index (χ1) is 10.8. The molecule has 4 nitrogen and oxygen atoms in total. The van der Waals surface area contributed by atoms with Crippen molar-refractivity contribution in [3.8, 4) is 17.0 Å². The predicted molar refractivity (Wildman–Crippen MR) is 87.0 cm³/mol. The molecule has 0 spiro atoms. The van der Waals surface area contributed by atoms with Crippen LogP contribution in [0.1, 0.15) is 13.3 Å². The molecule has 0 atom stereocenters. The maximum atomic E-state index is 11.9. The Kier molecular flexibility index (Phi) is 4.19. The van der Waals surface area contributed by atoms with Crippen molar-refractivity contribution in [1.29, 1.82) is 0 Å². The summed E-state index contributed by atoms with van der Waals surface area (Å²) >= 11 is 0. The average molecular weight is 294 g/mol. The Bertz CT molecular complexity index is 675. The first kappa shape index (κ1) is 14.3. The fourth-order valence-corrected chi connectivity index (χ4v) is 2.46. The third kappa shape index (κ3) is 3.01. The minimum absolute atomic E-state index is 0.0433. The van der Waals surface area contributed by atoms with E-state index < -0.39 is 0 Å². The zero-order chi connectivity index (χ0) is 15.4. The second-order valence-electron chi connectivity index (χ2n) is 5.05. The molecule has 0 aliphatic carbocycles. The Hall–Kier alpha value is -2.62. The number of carbonyl (C=O) groups excluding carboxylic acids is 1. The highest BCUT2D eigenvalue weighted by Crippen LogP contribution is 2.25. The molecule has 0 bridgehead atoms. The van der Waals surface area contributed by atoms with Crippen LogP contribution in [0.2, 0.25) is 0 Å². The van der Waals surface area contributed by atoms with Crippen molar-refractivity contribution >= 4 is 11.6 Å². The minimum Gasteiger partial charge on any atom is -0.478 e. The van der Waals surface area contributed by atoms with Gasteiger partial charge >= 0.3 is 0 Å². The van der Waals surface area contributed by atoms with Gasteiger partial charge in [-0.1, -0.05) is 18.2 Å². The largest absolute Gasteiger partial charge is 0.478 e. The highest BCUT2D eigenvalue weighted by Gasteiger charge is 2.15. The Labute approximate surface area is 130 Å². The van der Waals surface area contributed by atoms with Crippen LogP contribution in [-0.4, -0.2) is 24.0 Å². The monoisotopic (exact) mass is 294 g/mol. The van der Waals surface area contributed by atoms with Gasteiger partial charge < -0.3 is 9.64 Å². The van der Waals surface area contributed by atoms with Crippen molar-refractivity contribution < 1.29 is 9.53 Å². The van der Waals surface area contributed by atoms with Gasteiger partial charge in [-0.3, -0.25) is 4.79 Å². The van der Waals surface area contributed by atoms with Gasteiger partial charge in [-0.05, 0) is 43.2 Å². The number of rotatable bonds is 4. The molecule has 1 amide bonds. The van der Waals surface area contributed by atoms with Gasteiger partial charge in [0.05, 0.1) is 6.61 Å². The number of aromatic nitrogens is 1. The van der Waals surface area contributed by atoms with Crippen molar-refractivity contribution in [2.45, 2.75) is 13.3 Å². The van der Waals surface area contributed by atoms with E-state index in [-0.39, 0.29) is 5.91 Å². The molecule has 0 saturated carbocycles. The van der Waals surface area contributed by atoms with Gasteiger partial charge in [0, 0.05) is 30.1 Å². The molecule has 2 aromatic rings. The summed E-state index contributed by atoms with van der Waals surface area (Å²) in [4.78, 5) is 17.9. The highest BCUT2D eigenvalue weighted by atomic mass is 16.5. The van der Waals surface area contributed by atoms with Gasteiger partial charge in [0.25, 0.3) is 5.91 Å². The molecule has 0 unspecified atom stereocenters. The standard InChI is InChI=1S/C18H18N2O2/c1-2-22-17-11-8-15(13-19-17)14-6-9-16(10-7-14)20-12-4-3-5-18(20)21/h3,5-11,13H,2,4,12H2,1H3. The molecule has 2 heterocycles. The maximum absolute atomic E-state index is 11.9. The minimum atomic E-state index is 0.0433. The van der Waals surface area contributed by atoms with E-state index in [2.05, 4.69) is 4.98 Å². The van der Waals surface area contributed by atoms with Crippen LogP contribution in [-0.2, 0) is 4.79 Å². The Morgan fingerprint density at radius 1 is 1.14 bits per heavy atom. The molecule has 22 heavy (non-hydrogen) atoms. The number of hydrogen-bond donors (Lipinski definition) is 0. The lowest BCUT2D eigenvalue weighted by atomic mass is 10.1. The molecule has 1 aromatic carbocycles. The zero-order valence-electron chi connectivity index (χ0n) is 12.5. The van der Waals surface area contributed by atoms with Gasteiger partial charge in [-0.25, -0.2) is 4.98 Å². The summed E-state index contributed by atoms with van der Waals surface area (Å²) in [6, 6.07) is 11.8. The summed E-state index contributed by atoms with van der Waals surface area (Å²) in [5, 5.41) is 0. The van der Waals surface area contributed by atoms with Crippen LogP contribution in [0.5, 0.6) is 5.88 Å². The Balaban J connectivity index is 1.79. The van der Waals surface area contributed by atoms with E-state index in [1.54, 1.807) is 17.2 Å². The van der Waals surface area contributed by atoms with Crippen molar-refractivity contribution in [3.05, 3.63) is 54.7 Å². The normalized spacial score (nSPS) is 14.2. The van der Waals surface area contributed by atoms with E-state index in [4.69, 9.17) is 4.74 Å². The summed E-state index contributed by atoms with van der Waals surface area (Å²) < 4.78 is 5.35. The van der Waals surface area contributed by atoms with E-state index in [9.17, 15) is 4.79 Å². The van der Waals surface area contributed by atoms with Crippen LogP contribution in [0.25, 0.3) is 11.1 Å².